The zero-order valence-electron chi connectivity index (χ0n) is 5.44. The number of halogens is 3. The van der Waals surface area contributed by atoms with Crippen molar-refractivity contribution in [3.05, 3.63) is 29.8 Å². The molecule has 0 aliphatic rings. The van der Waals surface area contributed by atoms with E-state index in [4.69, 9.17) is 5.73 Å². The molecular formula is C7H5F3N. The molecule has 0 amide bonds. The van der Waals surface area contributed by atoms with Gasteiger partial charge < -0.3 is 5.73 Å². The summed E-state index contributed by atoms with van der Waals surface area (Å²) in [5, 5.41) is 0. The molecule has 0 aliphatic carbocycles. The van der Waals surface area contributed by atoms with Gasteiger partial charge in [0.1, 0.15) is 0 Å². The number of hydrogen-bond donors (Lipinski definition) is 1. The third-order valence-electron chi connectivity index (χ3n) is 1.13. The van der Waals surface area contributed by atoms with Crippen LogP contribution in [-0.2, 0) is 6.18 Å². The number of rotatable bonds is 0. The van der Waals surface area contributed by atoms with Crippen LogP contribution in [0.3, 0.4) is 0 Å². The predicted molar refractivity (Wildman–Crippen MR) is 34.7 cm³/mol. The molecule has 2 N–H and O–H groups in total. The Morgan fingerprint density at radius 1 is 1.36 bits per heavy atom. The van der Waals surface area contributed by atoms with Crippen molar-refractivity contribution in [1.29, 1.82) is 0 Å². The average Bonchev–Trinajstić information content (AvgIpc) is 1.86. The molecule has 1 nitrogen and oxygen atoms in total. The number of alkyl halides is 3. The van der Waals surface area contributed by atoms with Gasteiger partial charge in [0, 0.05) is 5.69 Å². The van der Waals surface area contributed by atoms with Crippen molar-refractivity contribution in [3.63, 3.8) is 0 Å². The Labute approximate surface area is 61.6 Å². The van der Waals surface area contributed by atoms with Crippen LogP contribution in [0.1, 0.15) is 5.56 Å². The highest BCUT2D eigenvalue weighted by atomic mass is 19.4. The van der Waals surface area contributed by atoms with Gasteiger partial charge in [0.05, 0.1) is 5.56 Å². The topological polar surface area (TPSA) is 26.0 Å². The molecule has 0 saturated carbocycles. The van der Waals surface area contributed by atoms with Crippen LogP contribution in [0.4, 0.5) is 18.9 Å². The minimum absolute atomic E-state index is 0.0936. The second-order valence-corrected chi connectivity index (χ2v) is 2.03. The summed E-state index contributed by atoms with van der Waals surface area (Å²) >= 11 is 0. The van der Waals surface area contributed by atoms with Crippen LogP contribution in [0.5, 0.6) is 0 Å². The van der Waals surface area contributed by atoms with Crippen molar-refractivity contribution in [2.24, 2.45) is 0 Å². The lowest BCUT2D eigenvalue weighted by Crippen LogP contribution is -2.05. The van der Waals surface area contributed by atoms with E-state index in [0.29, 0.717) is 0 Å². The van der Waals surface area contributed by atoms with Crippen molar-refractivity contribution in [1.82, 2.24) is 0 Å². The van der Waals surface area contributed by atoms with Gasteiger partial charge in [-0.05, 0) is 18.2 Å². The van der Waals surface area contributed by atoms with E-state index < -0.39 is 11.7 Å². The summed E-state index contributed by atoms with van der Waals surface area (Å²) in [7, 11) is 0. The Morgan fingerprint density at radius 2 is 2.00 bits per heavy atom. The van der Waals surface area contributed by atoms with Gasteiger partial charge >= 0.3 is 6.18 Å². The number of nitrogen functional groups attached to an aromatic ring is 1. The monoisotopic (exact) mass is 160 g/mol. The number of nitrogens with two attached hydrogens (primary N) is 1. The number of anilines is 1. The highest BCUT2D eigenvalue weighted by Gasteiger charge is 2.30. The van der Waals surface area contributed by atoms with Gasteiger partial charge in [0.25, 0.3) is 0 Å². The Balaban J connectivity index is 3.06. The SMILES string of the molecule is Nc1cc[c]c(C(F)(F)F)c1. The summed E-state index contributed by atoms with van der Waals surface area (Å²) in [6.07, 6.45) is -4.35. The van der Waals surface area contributed by atoms with Gasteiger partial charge in [0.15, 0.2) is 0 Å². The summed E-state index contributed by atoms with van der Waals surface area (Å²) < 4.78 is 35.6. The van der Waals surface area contributed by atoms with Crippen molar-refractivity contribution in [3.8, 4) is 0 Å². The average molecular weight is 160 g/mol. The molecular weight excluding hydrogens is 155 g/mol. The summed E-state index contributed by atoms with van der Waals surface area (Å²) in [6.45, 7) is 0. The summed E-state index contributed by atoms with van der Waals surface area (Å²) in [4.78, 5) is 0. The van der Waals surface area contributed by atoms with Crippen molar-refractivity contribution < 1.29 is 13.2 Å². The maximum absolute atomic E-state index is 11.9. The molecule has 0 spiro atoms. The quantitative estimate of drug-likeness (QED) is 0.578. The van der Waals surface area contributed by atoms with Crippen LogP contribution < -0.4 is 5.73 Å². The second kappa shape index (κ2) is 2.45. The fourth-order valence-corrected chi connectivity index (χ4v) is 0.648. The lowest BCUT2D eigenvalue weighted by atomic mass is 10.2. The van der Waals surface area contributed by atoms with E-state index in [1.165, 1.54) is 6.07 Å². The third kappa shape index (κ3) is 1.86. The minimum Gasteiger partial charge on any atom is -0.399 e. The molecule has 0 saturated heterocycles. The largest absolute Gasteiger partial charge is 0.417 e. The smallest absolute Gasteiger partial charge is 0.399 e. The normalized spacial score (nSPS) is 11.5. The molecule has 11 heavy (non-hydrogen) atoms. The van der Waals surface area contributed by atoms with E-state index in [1.807, 2.05) is 6.07 Å². The first-order valence-corrected chi connectivity index (χ1v) is 2.84. The minimum atomic E-state index is -4.35. The molecule has 4 heteroatoms. The van der Waals surface area contributed by atoms with Crippen molar-refractivity contribution in [2.45, 2.75) is 6.18 Å². The molecule has 0 fully saturated rings. The summed E-state index contributed by atoms with van der Waals surface area (Å²) in [5.41, 5.74) is 4.39. The van der Waals surface area contributed by atoms with E-state index in [9.17, 15) is 13.2 Å². The van der Waals surface area contributed by atoms with Gasteiger partial charge in [-0.3, -0.25) is 0 Å². The number of hydrogen-bond acceptors (Lipinski definition) is 1. The van der Waals surface area contributed by atoms with E-state index in [0.717, 1.165) is 12.1 Å². The molecule has 59 valence electrons. The lowest BCUT2D eigenvalue weighted by molar-refractivity contribution is -0.137. The Morgan fingerprint density at radius 3 is 2.36 bits per heavy atom. The van der Waals surface area contributed by atoms with Crippen LogP contribution in [0.2, 0.25) is 0 Å². The van der Waals surface area contributed by atoms with E-state index >= 15 is 0 Å². The van der Waals surface area contributed by atoms with E-state index in [1.54, 1.807) is 0 Å². The molecule has 0 heterocycles. The van der Waals surface area contributed by atoms with Gasteiger partial charge in [-0.2, -0.15) is 13.2 Å². The summed E-state index contributed by atoms with van der Waals surface area (Å²) in [6, 6.07) is 5.40. The first-order valence-electron chi connectivity index (χ1n) is 2.84. The first-order chi connectivity index (χ1) is 5.00. The molecule has 1 radical (unpaired) electrons. The van der Waals surface area contributed by atoms with Crippen LogP contribution in [-0.4, -0.2) is 0 Å². The van der Waals surface area contributed by atoms with Crippen LogP contribution >= 0.6 is 0 Å². The molecule has 0 bridgehead atoms. The lowest BCUT2D eigenvalue weighted by Gasteiger charge is -2.05. The molecule has 0 unspecified atom stereocenters. The van der Waals surface area contributed by atoms with Gasteiger partial charge in [-0.15, -0.1) is 0 Å². The van der Waals surface area contributed by atoms with Crippen molar-refractivity contribution >= 4 is 5.69 Å². The molecule has 1 aromatic rings. The van der Waals surface area contributed by atoms with Gasteiger partial charge in [-0.25, -0.2) is 0 Å². The molecule has 1 aromatic carbocycles. The number of benzene rings is 1. The fraction of sp³-hybridized carbons (Fsp3) is 0.143. The molecule has 1 rings (SSSR count). The Hall–Kier alpha value is -1.19. The van der Waals surface area contributed by atoms with Crippen LogP contribution in [0.25, 0.3) is 0 Å². The zero-order valence-corrected chi connectivity index (χ0v) is 5.44. The zero-order chi connectivity index (χ0) is 8.48. The maximum atomic E-state index is 11.9. The Bertz CT molecular complexity index is 254. The second-order valence-electron chi connectivity index (χ2n) is 2.03. The highest BCUT2D eigenvalue weighted by molar-refractivity contribution is 5.40. The summed E-state index contributed by atoms with van der Waals surface area (Å²) in [5.74, 6) is 0. The molecule has 0 aromatic heterocycles. The molecule has 0 aliphatic heterocycles. The fourth-order valence-electron chi connectivity index (χ4n) is 0.648. The van der Waals surface area contributed by atoms with E-state index in [2.05, 4.69) is 0 Å². The van der Waals surface area contributed by atoms with Crippen LogP contribution in [0.15, 0.2) is 18.2 Å². The first kappa shape index (κ1) is 7.91. The third-order valence-corrected chi connectivity index (χ3v) is 1.13. The maximum Gasteiger partial charge on any atom is 0.417 e. The van der Waals surface area contributed by atoms with Gasteiger partial charge in [0.2, 0.25) is 0 Å². The molecule has 0 atom stereocenters. The van der Waals surface area contributed by atoms with Crippen LogP contribution in [0, 0.1) is 6.07 Å². The van der Waals surface area contributed by atoms with Gasteiger partial charge in [-0.1, -0.05) is 6.07 Å². The standard InChI is InChI=1S/C7H5F3N/c8-7(9,10)5-2-1-3-6(11)4-5/h1,3-4H,11H2. The predicted octanol–water partition coefficient (Wildman–Crippen LogP) is 2.09. The van der Waals surface area contributed by atoms with E-state index in [-0.39, 0.29) is 5.69 Å². The Kier molecular flexibility index (Phi) is 1.76. The van der Waals surface area contributed by atoms with Crippen molar-refractivity contribution in [2.75, 3.05) is 5.73 Å². The highest BCUT2D eigenvalue weighted by Crippen LogP contribution is 2.29.